The quantitative estimate of drug-likeness (QED) is 0.666. The summed E-state index contributed by atoms with van der Waals surface area (Å²) in [6, 6.07) is 20.5. The molecule has 0 fully saturated rings. The Balaban J connectivity index is 1.63. The molecule has 0 spiro atoms. The predicted octanol–water partition coefficient (Wildman–Crippen LogP) is 4.87. The van der Waals surface area contributed by atoms with Crippen molar-refractivity contribution in [3.63, 3.8) is 0 Å². The summed E-state index contributed by atoms with van der Waals surface area (Å²) in [6.07, 6.45) is 0. The summed E-state index contributed by atoms with van der Waals surface area (Å²) in [7, 11) is 0. The van der Waals surface area contributed by atoms with Crippen LogP contribution in [0.1, 0.15) is 35.6 Å². The number of amides is 2. The Morgan fingerprint density at radius 1 is 0.962 bits per heavy atom. The van der Waals surface area contributed by atoms with E-state index in [9.17, 15) is 4.79 Å². The fourth-order valence-electron chi connectivity index (χ4n) is 2.46. The van der Waals surface area contributed by atoms with Gasteiger partial charge in [-0.25, -0.2) is 4.79 Å². The highest BCUT2D eigenvalue weighted by Crippen LogP contribution is 2.16. The molecule has 2 amide bonds. The lowest BCUT2D eigenvalue weighted by molar-refractivity contribution is 0.247. The van der Waals surface area contributed by atoms with Gasteiger partial charge in [0.1, 0.15) is 11.5 Å². The van der Waals surface area contributed by atoms with Crippen molar-refractivity contribution in [1.82, 2.24) is 5.32 Å². The van der Waals surface area contributed by atoms with Gasteiger partial charge in [0, 0.05) is 16.8 Å². The zero-order valence-electron chi connectivity index (χ0n) is 14.7. The molecule has 0 saturated heterocycles. The molecule has 1 atom stereocenters. The summed E-state index contributed by atoms with van der Waals surface area (Å²) in [4.78, 5) is 12.2. The smallest absolute Gasteiger partial charge is 0.319 e. The van der Waals surface area contributed by atoms with Gasteiger partial charge < -0.3 is 15.1 Å². The maximum Gasteiger partial charge on any atom is 0.319 e. The van der Waals surface area contributed by atoms with Crippen molar-refractivity contribution < 1.29 is 9.21 Å². The molecule has 3 rings (SSSR count). The van der Waals surface area contributed by atoms with E-state index >= 15 is 0 Å². The number of rotatable bonds is 3. The average molecular weight is 344 g/mol. The molecule has 2 aromatic carbocycles. The highest BCUT2D eigenvalue weighted by Gasteiger charge is 2.12. The molecule has 0 saturated carbocycles. The van der Waals surface area contributed by atoms with E-state index in [1.807, 2.05) is 80.6 Å². The van der Waals surface area contributed by atoms with Gasteiger partial charge in [0.15, 0.2) is 0 Å². The van der Waals surface area contributed by atoms with Crippen molar-refractivity contribution in [2.24, 2.45) is 0 Å². The zero-order valence-corrected chi connectivity index (χ0v) is 14.7. The second-order valence-electron chi connectivity index (χ2n) is 5.97. The lowest BCUT2D eigenvalue weighted by Crippen LogP contribution is -2.30. The number of benzene rings is 2. The first-order valence-electron chi connectivity index (χ1n) is 8.41. The second kappa shape index (κ2) is 8.09. The molecule has 4 heteroatoms. The fourth-order valence-corrected chi connectivity index (χ4v) is 2.46. The SMILES string of the molecule is Cc1ccc(C(C)NC(=O)Nc2cccc(C#Cc3ccccc3)c2)o1. The van der Waals surface area contributed by atoms with E-state index in [0.717, 1.165) is 22.6 Å². The number of furan rings is 1. The lowest BCUT2D eigenvalue weighted by atomic mass is 10.1. The van der Waals surface area contributed by atoms with Gasteiger partial charge in [-0.3, -0.25) is 0 Å². The van der Waals surface area contributed by atoms with Crippen LogP contribution in [0, 0.1) is 18.8 Å². The third kappa shape index (κ3) is 4.78. The van der Waals surface area contributed by atoms with Crippen LogP contribution in [0.2, 0.25) is 0 Å². The first kappa shape index (κ1) is 17.4. The third-order valence-electron chi connectivity index (χ3n) is 3.78. The summed E-state index contributed by atoms with van der Waals surface area (Å²) >= 11 is 0. The van der Waals surface area contributed by atoms with Crippen LogP contribution < -0.4 is 10.6 Å². The van der Waals surface area contributed by atoms with E-state index in [4.69, 9.17) is 4.42 Å². The standard InChI is InChI=1S/C22H20N2O2/c1-16-11-14-21(26-16)17(2)23-22(25)24-20-10-6-9-19(15-20)13-12-18-7-4-3-5-8-18/h3-11,14-15,17H,1-2H3,(H2,23,24,25). The molecule has 1 aromatic heterocycles. The predicted molar refractivity (Wildman–Crippen MR) is 103 cm³/mol. The van der Waals surface area contributed by atoms with Gasteiger partial charge in [0.05, 0.1) is 6.04 Å². The van der Waals surface area contributed by atoms with E-state index < -0.39 is 0 Å². The molecule has 0 bridgehead atoms. The molecule has 0 aliphatic rings. The Hall–Kier alpha value is -3.45. The molecular formula is C22H20N2O2. The van der Waals surface area contributed by atoms with Crippen molar-refractivity contribution in [2.75, 3.05) is 5.32 Å². The van der Waals surface area contributed by atoms with Crippen molar-refractivity contribution in [3.05, 3.63) is 89.4 Å². The maximum atomic E-state index is 12.2. The Morgan fingerprint density at radius 3 is 2.42 bits per heavy atom. The van der Waals surface area contributed by atoms with Gasteiger partial charge in [-0.15, -0.1) is 0 Å². The third-order valence-corrected chi connectivity index (χ3v) is 3.78. The van der Waals surface area contributed by atoms with Crippen molar-refractivity contribution >= 4 is 11.7 Å². The normalized spacial score (nSPS) is 11.2. The van der Waals surface area contributed by atoms with Crippen LogP contribution in [-0.2, 0) is 0 Å². The molecule has 0 radical (unpaired) electrons. The minimum absolute atomic E-state index is 0.218. The Labute approximate surface area is 153 Å². The Morgan fingerprint density at radius 2 is 1.69 bits per heavy atom. The van der Waals surface area contributed by atoms with Gasteiger partial charge >= 0.3 is 6.03 Å². The summed E-state index contributed by atoms with van der Waals surface area (Å²) < 4.78 is 5.53. The van der Waals surface area contributed by atoms with Crippen LogP contribution in [0.25, 0.3) is 0 Å². The monoisotopic (exact) mass is 344 g/mol. The Bertz CT molecular complexity index is 949. The van der Waals surface area contributed by atoms with Crippen LogP contribution >= 0.6 is 0 Å². The number of anilines is 1. The topological polar surface area (TPSA) is 54.3 Å². The van der Waals surface area contributed by atoms with Gasteiger partial charge in [0.25, 0.3) is 0 Å². The molecular weight excluding hydrogens is 324 g/mol. The number of urea groups is 1. The summed E-state index contributed by atoms with van der Waals surface area (Å²) in [5.74, 6) is 7.75. The van der Waals surface area contributed by atoms with E-state index in [0.29, 0.717) is 5.69 Å². The van der Waals surface area contributed by atoms with Gasteiger partial charge in [-0.05, 0) is 56.3 Å². The average Bonchev–Trinajstić information content (AvgIpc) is 3.08. The fraction of sp³-hybridized carbons (Fsp3) is 0.136. The first-order chi connectivity index (χ1) is 12.6. The van der Waals surface area contributed by atoms with Crippen LogP contribution in [-0.4, -0.2) is 6.03 Å². The van der Waals surface area contributed by atoms with Crippen LogP contribution in [0.15, 0.2) is 71.1 Å². The Kier molecular flexibility index (Phi) is 5.40. The van der Waals surface area contributed by atoms with E-state index in [-0.39, 0.29) is 12.1 Å². The molecule has 26 heavy (non-hydrogen) atoms. The summed E-state index contributed by atoms with van der Waals surface area (Å²) in [5, 5.41) is 5.68. The number of nitrogens with one attached hydrogen (secondary N) is 2. The van der Waals surface area contributed by atoms with Crippen LogP contribution in [0.4, 0.5) is 10.5 Å². The van der Waals surface area contributed by atoms with Gasteiger partial charge in [-0.1, -0.05) is 36.1 Å². The maximum absolute atomic E-state index is 12.2. The van der Waals surface area contributed by atoms with E-state index in [2.05, 4.69) is 22.5 Å². The summed E-state index contributed by atoms with van der Waals surface area (Å²) in [5.41, 5.74) is 2.47. The molecule has 3 aromatic rings. The van der Waals surface area contributed by atoms with Crippen molar-refractivity contribution in [2.45, 2.75) is 19.9 Å². The number of hydrogen-bond acceptors (Lipinski definition) is 2. The van der Waals surface area contributed by atoms with Gasteiger partial charge in [-0.2, -0.15) is 0 Å². The molecule has 1 unspecified atom stereocenters. The second-order valence-corrected chi connectivity index (χ2v) is 5.97. The summed E-state index contributed by atoms with van der Waals surface area (Å²) in [6.45, 7) is 3.75. The first-order valence-corrected chi connectivity index (χ1v) is 8.41. The molecule has 4 nitrogen and oxygen atoms in total. The molecule has 0 aliphatic carbocycles. The lowest BCUT2D eigenvalue weighted by Gasteiger charge is -2.12. The largest absolute Gasteiger partial charge is 0.464 e. The van der Waals surface area contributed by atoms with E-state index in [1.165, 1.54) is 0 Å². The number of carbonyl (C=O) groups is 1. The zero-order chi connectivity index (χ0) is 18.4. The highest BCUT2D eigenvalue weighted by molar-refractivity contribution is 5.89. The van der Waals surface area contributed by atoms with Crippen LogP contribution in [0.3, 0.4) is 0 Å². The molecule has 0 aliphatic heterocycles. The minimum Gasteiger partial charge on any atom is -0.464 e. The van der Waals surface area contributed by atoms with E-state index in [1.54, 1.807) is 0 Å². The minimum atomic E-state index is -0.292. The number of aryl methyl sites for hydroxylation is 1. The van der Waals surface area contributed by atoms with Crippen molar-refractivity contribution in [1.29, 1.82) is 0 Å². The molecule has 1 heterocycles. The number of carbonyl (C=O) groups excluding carboxylic acids is 1. The van der Waals surface area contributed by atoms with Crippen molar-refractivity contribution in [3.8, 4) is 11.8 Å². The number of hydrogen-bond donors (Lipinski definition) is 2. The highest BCUT2D eigenvalue weighted by atomic mass is 16.3. The molecule has 2 N–H and O–H groups in total. The van der Waals surface area contributed by atoms with Crippen LogP contribution in [0.5, 0.6) is 0 Å². The van der Waals surface area contributed by atoms with Gasteiger partial charge in [0.2, 0.25) is 0 Å². The molecule has 130 valence electrons.